The number of nitrogens with one attached hydrogen (secondary N) is 2. The highest BCUT2D eigenvalue weighted by Gasteiger charge is 2.18. The third kappa shape index (κ3) is 5.89. The molecule has 0 radical (unpaired) electrons. The van der Waals surface area contributed by atoms with E-state index in [-0.39, 0.29) is 24.6 Å². The molecule has 0 spiro atoms. The van der Waals surface area contributed by atoms with Crippen LogP contribution in [0.4, 0.5) is 0 Å². The Morgan fingerprint density at radius 1 is 1.15 bits per heavy atom. The van der Waals surface area contributed by atoms with E-state index in [4.69, 9.17) is 9.15 Å². The minimum atomic E-state index is -0.624. The van der Waals surface area contributed by atoms with Crippen LogP contribution >= 0.6 is 15.9 Å². The number of halogens is 1. The molecular weight excluding hydrogens is 404 g/mol. The van der Waals surface area contributed by atoms with Crippen molar-refractivity contribution in [2.45, 2.75) is 6.92 Å². The molecule has 0 atom stereocenters. The van der Waals surface area contributed by atoms with E-state index < -0.39 is 17.8 Å². The molecule has 1 aromatic heterocycles. The summed E-state index contributed by atoms with van der Waals surface area (Å²) in [5.41, 5.74) is 0.674. The highest BCUT2D eigenvalue weighted by molar-refractivity contribution is 9.10. The molecule has 0 aliphatic heterocycles. The lowest BCUT2D eigenvalue weighted by molar-refractivity contribution is -0.143. The molecule has 0 saturated heterocycles. The van der Waals surface area contributed by atoms with Crippen LogP contribution in [0.2, 0.25) is 0 Å². The van der Waals surface area contributed by atoms with E-state index in [1.807, 2.05) is 6.07 Å². The zero-order valence-electron chi connectivity index (χ0n) is 14.0. The number of esters is 1. The SMILES string of the molecule is CCOC(=O)CNC(=O)/C(=C/c1ccccc1)NC(=O)c1ccc(Br)o1. The molecule has 1 aromatic carbocycles. The van der Waals surface area contributed by atoms with Gasteiger partial charge >= 0.3 is 5.97 Å². The molecule has 8 heteroatoms. The first kappa shape index (κ1) is 19.5. The summed E-state index contributed by atoms with van der Waals surface area (Å²) in [5, 5.41) is 4.91. The van der Waals surface area contributed by atoms with Crippen LogP contribution in [0.5, 0.6) is 0 Å². The van der Waals surface area contributed by atoms with Crippen molar-refractivity contribution in [1.29, 1.82) is 0 Å². The number of hydrogen-bond donors (Lipinski definition) is 2. The van der Waals surface area contributed by atoms with Gasteiger partial charge in [-0.3, -0.25) is 14.4 Å². The van der Waals surface area contributed by atoms with Crippen molar-refractivity contribution in [2.75, 3.05) is 13.2 Å². The number of furan rings is 1. The summed E-state index contributed by atoms with van der Waals surface area (Å²) in [4.78, 5) is 36.1. The topological polar surface area (TPSA) is 97.6 Å². The van der Waals surface area contributed by atoms with Crippen LogP contribution in [0.15, 0.2) is 57.2 Å². The van der Waals surface area contributed by atoms with Gasteiger partial charge in [-0.15, -0.1) is 0 Å². The van der Waals surface area contributed by atoms with Gasteiger partial charge in [-0.05, 0) is 46.6 Å². The van der Waals surface area contributed by atoms with Crippen molar-refractivity contribution in [1.82, 2.24) is 10.6 Å². The second-order valence-electron chi connectivity index (χ2n) is 5.01. The summed E-state index contributed by atoms with van der Waals surface area (Å²) in [6.45, 7) is 1.58. The van der Waals surface area contributed by atoms with Crippen LogP contribution in [-0.2, 0) is 14.3 Å². The van der Waals surface area contributed by atoms with E-state index in [0.29, 0.717) is 10.2 Å². The van der Waals surface area contributed by atoms with Gasteiger partial charge in [0.05, 0.1) is 6.61 Å². The van der Waals surface area contributed by atoms with E-state index in [2.05, 4.69) is 26.6 Å². The van der Waals surface area contributed by atoms with E-state index in [1.165, 1.54) is 12.1 Å². The predicted octanol–water partition coefficient (Wildman–Crippen LogP) is 2.49. The molecular formula is C18H17BrN2O5. The van der Waals surface area contributed by atoms with Crippen LogP contribution in [0.1, 0.15) is 23.0 Å². The van der Waals surface area contributed by atoms with Gasteiger partial charge in [-0.1, -0.05) is 30.3 Å². The average Bonchev–Trinajstić information content (AvgIpc) is 3.07. The molecule has 0 saturated carbocycles. The largest absolute Gasteiger partial charge is 0.465 e. The first-order chi connectivity index (χ1) is 12.5. The van der Waals surface area contributed by atoms with E-state index in [9.17, 15) is 14.4 Å². The quantitative estimate of drug-likeness (QED) is 0.529. The van der Waals surface area contributed by atoms with Gasteiger partial charge in [0.1, 0.15) is 12.2 Å². The number of carbonyl (C=O) groups excluding carboxylic acids is 3. The van der Waals surface area contributed by atoms with Gasteiger partial charge in [0.2, 0.25) is 0 Å². The van der Waals surface area contributed by atoms with Gasteiger partial charge in [-0.25, -0.2) is 0 Å². The summed E-state index contributed by atoms with van der Waals surface area (Å²) in [5.74, 6) is -1.75. The van der Waals surface area contributed by atoms with Gasteiger partial charge in [0, 0.05) is 0 Å². The van der Waals surface area contributed by atoms with Gasteiger partial charge in [0.15, 0.2) is 10.4 Å². The Kier molecular flexibility index (Phi) is 7.16. The predicted molar refractivity (Wildman–Crippen MR) is 97.9 cm³/mol. The van der Waals surface area contributed by atoms with Gasteiger partial charge in [-0.2, -0.15) is 0 Å². The zero-order valence-corrected chi connectivity index (χ0v) is 15.5. The minimum Gasteiger partial charge on any atom is -0.465 e. The number of rotatable bonds is 7. The van der Waals surface area contributed by atoms with Crippen LogP contribution in [0, 0.1) is 0 Å². The third-order valence-corrected chi connectivity index (χ3v) is 3.53. The van der Waals surface area contributed by atoms with Crippen molar-refractivity contribution in [2.24, 2.45) is 0 Å². The highest BCUT2D eigenvalue weighted by Crippen LogP contribution is 2.14. The van der Waals surface area contributed by atoms with Crippen molar-refractivity contribution in [3.8, 4) is 0 Å². The summed E-state index contributed by atoms with van der Waals surface area (Å²) < 4.78 is 10.3. The maximum absolute atomic E-state index is 12.4. The smallest absolute Gasteiger partial charge is 0.325 e. The standard InChI is InChI=1S/C18H17BrN2O5/c1-2-25-16(22)11-20-17(23)13(10-12-6-4-3-5-7-12)21-18(24)14-8-9-15(19)26-14/h3-10H,2,11H2,1H3,(H,20,23)(H,21,24)/b13-10-. The van der Waals surface area contributed by atoms with E-state index in [1.54, 1.807) is 37.3 Å². The molecule has 2 N–H and O–H groups in total. The minimum absolute atomic E-state index is 0.0296. The van der Waals surface area contributed by atoms with Crippen LogP contribution < -0.4 is 10.6 Å². The van der Waals surface area contributed by atoms with Crippen LogP contribution in [0.25, 0.3) is 6.08 Å². The highest BCUT2D eigenvalue weighted by atomic mass is 79.9. The Balaban J connectivity index is 2.16. The lowest BCUT2D eigenvalue weighted by Crippen LogP contribution is -2.37. The molecule has 26 heavy (non-hydrogen) atoms. The normalized spacial score (nSPS) is 10.9. The van der Waals surface area contributed by atoms with Crippen molar-refractivity contribution in [3.05, 3.63) is 64.2 Å². The molecule has 0 aliphatic rings. The Morgan fingerprint density at radius 3 is 2.50 bits per heavy atom. The average molecular weight is 421 g/mol. The summed E-state index contributed by atoms with van der Waals surface area (Å²) in [6.07, 6.45) is 1.50. The Bertz CT molecular complexity index is 814. The Morgan fingerprint density at radius 2 is 1.88 bits per heavy atom. The molecule has 136 valence electrons. The second kappa shape index (κ2) is 9.57. The fourth-order valence-corrected chi connectivity index (χ4v) is 2.26. The van der Waals surface area contributed by atoms with Crippen LogP contribution in [-0.4, -0.2) is 30.9 Å². The van der Waals surface area contributed by atoms with E-state index in [0.717, 1.165) is 0 Å². The lowest BCUT2D eigenvalue weighted by Gasteiger charge is -2.10. The number of benzene rings is 1. The van der Waals surface area contributed by atoms with Crippen LogP contribution in [0.3, 0.4) is 0 Å². The number of amides is 2. The molecule has 0 fully saturated rings. The first-order valence-electron chi connectivity index (χ1n) is 7.77. The van der Waals surface area contributed by atoms with Crippen molar-refractivity contribution >= 4 is 39.8 Å². The molecule has 1 heterocycles. The lowest BCUT2D eigenvalue weighted by atomic mass is 10.2. The third-order valence-electron chi connectivity index (χ3n) is 3.10. The maximum atomic E-state index is 12.4. The summed E-state index contributed by atoms with van der Waals surface area (Å²) in [7, 11) is 0. The number of ether oxygens (including phenoxy) is 1. The summed E-state index contributed by atoms with van der Waals surface area (Å²) in [6, 6.07) is 12.0. The molecule has 2 aromatic rings. The van der Waals surface area contributed by atoms with Gasteiger partial charge in [0.25, 0.3) is 11.8 Å². The fraction of sp³-hybridized carbons (Fsp3) is 0.167. The molecule has 0 bridgehead atoms. The molecule has 2 rings (SSSR count). The zero-order chi connectivity index (χ0) is 18.9. The monoisotopic (exact) mass is 420 g/mol. The first-order valence-corrected chi connectivity index (χ1v) is 8.56. The van der Waals surface area contributed by atoms with Crippen molar-refractivity contribution in [3.63, 3.8) is 0 Å². The number of carbonyl (C=O) groups is 3. The van der Waals surface area contributed by atoms with Crippen molar-refractivity contribution < 1.29 is 23.5 Å². The Hall–Kier alpha value is -2.87. The molecule has 2 amide bonds. The maximum Gasteiger partial charge on any atom is 0.325 e. The Labute approximate surface area is 158 Å². The number of hydrogen-bond acceptors (Lipinski definition) is 5. The molecule has 0 unspecified atom stereocenters. The molecule has 0 aliphatic carbocycles. The van der Waals surface area contributed by atoms with E-state index >= 15 is 0 Å². The fourth-order valence-electron chi connectivity index (χ4n) is 1.95. The molecule has 7 nitrogen and oxygen atoms in total. The van der Waals surface area contributed by atoms with Gasteiger partial charge < -0.3 is 19.8 Å². The summed E-state index contributed by atoms with van der Waals surface area (Å²) >= 11 is 3.11. The second-order valence-corrected chi connectivity index (χ2v) is 5.80.